The predicted octanol–water partition coefficient (Wildman–Crippen LogP) is 5.98. The van der Waals surface area contributed by atoms with Crippen molar-refractivity contribution >= 4 is 29.0 Å². The van der Waals surface area contributed by atoms with E-state index in [4.69, 9.17) is 9.72 Å². The van der Waals surface area contributed by atoms with E-state index in [0.29, 0.717) is 16.9 Å². The number of benzene rings is 1. The Labute approximate surface area is 233 Å². The number of aryl methyl sites for hydroxylation is 2. The van der Waals surface area contributed by atoms with E-state index in [1.165, 1.54) is 4.90 Å². The second kappa shape index (κ2) is 9.66. The minimum absolute atomic E-state index is 0.412. The Hall–Kier alpha value is -4.40. The van der Waals surface area contributed by atoms with Gasteiger partial charge in [0.05, 0.1) is 23.1 Å². The average molecular weight is 539 g/mol. The molecular formula is C31H34N6O3. The second-order valence-electron chi connectivity index (χ2n) is 11.6. The van der Waals surface area contributed by atoms with Gasteiger partial charge in [-0.1, -0.05) is 18.2 Å². The number of rotatable bonds is 3. The van der Waals surface area contributed by atoms with E-state index in [1.54, 1.807) is 33.0 Å². The van der Waals surface area contributed by atoms with Crippen LogP contribution in [0.3, 0.4) is 0 Å². The Morgan fingerprint density at radius 3 is 2.65 bits per heavy atom. The van der Waals surface area contributed by atoms with Gasteiger partial charge >= 0.3 is 6.09 Å². The molecule has 9 nitrogen and oxygen atoms in total. The quantitative estimate of drug-likeness (QED) is 0.343. The Kier molecular flexibility index (Phi) is 6.24. The highest BCUT2D eigenvalue weighted by Gasteiger charge is 2.45. The van der Waals surface area contributed by atoms with Crippen molar-refractivity contribution in [2.75, 3.05) is 23.8 Å². The van der Waals surface area contributed by atoms with Gasteiger partial charge in [0.2, 0.25) is 0 Å². The van der Waals surface area contributed by atoms with Gasteiger partial charge in [-0.3, -0.25) is 4.79 Å². The number of hydrogen-bond acceptors (Lipinski definition) is 7. The maximum atomic E-state index is 13.8. The summed E-state index contributed by atoms with van der Waals surface area (Å²) in [7, 11) is 2.08. The van der Waals surface area contributed by atoms with Crippen molar-refractivity contribution in [3.63, 3.8) is 0 Å². The van der Waals surface area contributed by atoms with Gasteiger partial charge in [0.15, 0.2) is 0 Å². The Balaban J connectivity index is 1.48. The monoisotopic (exact) mass is 538 g/mol. The molecule has 0 fully saturated rings. The lowest BCUT2D eigenvalue weighted by Gasteiger charge is -2.29. The van der Waals surface area contributed by atoms with Crippen LogP contribution in [0.15, 0.2) is 54.9 Å². The standard InChI is InChI=1S/C31H34N6O3/c1-19-12-13-24-22(17-32-36(24)18-19)20-9-8-10-21-27(20)28(37(29(21)38)30(39)40-31(2,3)4)34-26-15-14-25-23(33-26)11-6-7-16-35(25)5/h8-10,12-15,17-18,28H,6-7,11,16H2,1-5H3,(H,33,34). The smallest absolute Gasteiger partial charge is 0.419 e. The Morgan fingerprint density at radius 2 is 1.85 bits per heavy atom. The number of fused-ring (bicyclic) bond motifs is 3. The van der Waals surface area contributed by atoms with Gasteiger partial charge in [-0.2, -0.15) is 5.10 Å². The molecule has 2 amide bonds. The lowest BCUT2D eigenvalue weighted by atomic mass is 9.96. The first kappa shape index (κ1) is 25.9. The normalized spacial score (nSPS) is 17.0. The number of carbonyl (C=O) groups excluding carboxylic acids is 2. The fraction of sp³-hybridized carbons (Fsp3) is 0.355. The van der Waals surface area contributed by atoms with Crippen LogP contribution in [0.4, 0.5) is 16.3 Å². The van der Waals surface area contributed by atoms with E-state index in [2.05, 4.69) is 28.4 Å². The molecule has 40 heavy (non-hydrogen) atoms. The van der Waals surface area contributed by atoms with Crippen molar-refractivity contribution in [2.45, 2.75) is 58.7 Å². The molecule has 0 aliphatic carbocycles. The molecule has 0 saturated heterocycles. The Morgan fingerprint density at radius 1 is 1.05 bits per heavy atom. The predicted molar refractivity (Wildman–Crippen MR) is 155 cm³/mol. The minimum atomic E-state index is -0.817. The number of carbonyl (C=O) groups is 2. The van der Waals surface area contributed by atoms with Crippen molar-refractivity contribution in [1.29, 1.82) is 0 Å². The molecule has 1 aromatic carbocycles. The molecule has 1 atom stereocenters. The van der Waals surface area contributed by atoms with Gasteiger partial charge in [0.25, 0.3) is 5.91 Å². The van der Waals surface area contributed by atoms with Crippen molar-refractivity contribution in [3.05, 3.63) is 77.2 Å². The molecule has 0 saturated carbocycles. The summed E-state index contributed by atoms with van der Waals surface area (Å²) in [6, 6.07) is 13.6. The van der Waals surface area contributed by atoms with Gasteiger partial charge in [0.1, 0.15) is 17.6 Å². The molecule has 6 rings (SSSR count). The summed E-state index contributed by atoms with van der Waals surface area (Å²) < 4.78 is 7.54. The lowest BCUT2D eigenvalue weighted by Crippen LogP contribution is -2.41. The molecule has 0 radical (unpaired) electrons. The summed E-state index contributed by atoms with van der Waals surface area (Å²) >= 11 is 0. The molecule has 2 aliphatic heterocycles. The highest BCUT2D eigenvalue weighted by molar-refractivity contribution is 6.09. The first-order chi connectivity index (χ1) is 19.1. The van der Waals surface area contributed by atoms with Gasteiger partial charge in [0, 0.05) is 36.5 Å². The zero-order valence-electron chi connectivity index (χ0n) is 23.6. The second-order valence-corrected chi connectivity index (χ2v) is 11.6. The number of nitrogens with zero attached hydrogens (tertiary/aromatic N) is 5. The van der Waals surface area contributed by atoms with Gasteiger partial charge in [-0.15, -0.1) is 0 Å². The fourth-order valence-electron chi connectivity index (χ4n) is 5.60. The summed E-state index contributed by atoms with van der Waals surface area (Å²) in [5, 5.41) is 8.00. The number of amides is 2. The van der Waals surface area contributed by atoms with Crippen LogP contribution in [0.25, 0.3) is 16.6 Å². The molecule has 4 aromatic rings. The van der Waals surface area contributed by atoms with Gasteiger partial charge in [-0.05, 0) is 82.3 Å². The van der Waals surface area contributed by atoms with Crippen LogP contribution in [0.2, 0.25) is 0 Å². The topological polar surface area (TPSA) is 92.1 Å². The summed E-state index contributed by atoms with van der Waals surface area (Å²) in [6.07, 6.45) is 5.28. The molecule has 3 aromatic heterocycles. The Bertz CT molecular complexity index is 1640. The minimum Gasteiger partial charge on any atom is -0.443 e. The zero-order valence-corrected chi connectivity index (χ0v) is 23.6. The largest absolute Gasteiger partial charge is 0.443 e. The van der Waals surface area contributed by atoms with E-state index < -0.39 is 23.8 Å². The van der Waals surface area contributed by atoms with Crippen molar-refractivity contribution in [3.8, 4) is 11.1 Å². The first-order valence-corrected chi connectivity index (χ1v) is 13.7. The lowest BCUT2D eigenvalue weighted by molar-refractivity contribution is 0.0208. The molecule has 5 heterocycles. The number of ether oxygens (including phenoxy) is 1. The molecular weight excluding hydrogens is 504 g/mol. The third kappa shape index (κ3) is 4.55. The number of anilines is 2. The summed E-state index contributed by atoms with van der Waals surface area (Å²) in [5.74, 6) is 0.184. The highest BCUT2D eigenvalue weighted by atomic mass is 16.6. The molecule has 2 aliphatic rings. The third-order valence-corrected chi connectivity index (χ3v) is 7.43. The van der Waals surface area contributed by atoms with Gasteiger partial charge in [-0.25, -0.2) is 19.2 Å². The average Bonchev–Trinajstić information content (AvgIpc) is 3.37. The van der Waals surface area contributed by atoms with E-state index in [9.17, 15) is 9.59 Å². The van der Waals surface area contributed by atoms with Crippen LogP contribution in [0.1, 0.15) is 67.0 Å². The zero-order chi connectivity index (χ0) is 28.2. The first-order valence-electron chi connectivity index (χ1n) is 13.7. The van der Waals surface area contributed by atoms with E-state index in [0.717, 1.165) is 59.4 Å². The van der Waals surface area contributed by atoms with Crippen LogP contribution < -0.4 is 10.2 Å². The molecule has 0 spiro atoms. The summed E-state index contributed by atoms with van der Waals surface area (Å²) in [4.78, 5) is 35.7. The number of pyridine rings is 2. The summed E-state index contributed by atoms with van der Waals surface area (Å²) in [5.41, 5.74) is 6.18. The van der Waals surface area contributed by atoms with Crippen LogP contribution in [-0.4, -0.2) is 50.7 Å². The van der Waals surface area contributed by atoms with Crippen molar-refractivity contribution in [1.82, 2.24) is 19.5 Å². The molecule has 9 heteroatoms. The van der Waals surface area contributed by atoms with Crippen LogP contribution in [-0.2, 0) is 11.2 Å². The molecule has 206 valence electrons. The van der Waals surface area contributed by atoms with E-state index >= 15 is 0 Å². The van der Waals surface area contributed by atoms with Crippen LogP contribution in [0.5, 0.6) is 0 Å². The molecule has 0 bridgehead atoms. The number of nitrogens with one attached hydrogen (secondary N) is 1. The molecule has 1 unspecified atom stereocenters. The van der Waals surface area contributed by atoms with E-state index in [-0.39, 0.29) is 0 Å². The van der Waals surface area contributed by atoms with Gasteiger partial charge < -0.3 is 15.0 Å². The maximum Gasteiger partial charge on any atom is 0.419 e. The number of hydrogen-bond donors (Lipinski definition) is 1. The maximum absolute atomic E-state index is 13.8. The third-order valence-electron chi connectivity index (χ3n) is 7.43. The highest BCUT2D eigenvalue weighted by Crippen LogP contribution is 2.42. The fourth-order valence-corrected chi connectivity index (χ4v) is 5.60. The summed E-state index contributed by atoms with van der Waals surface area (Å²) in [6.45, 7) is 8.37. The number of aromatic nitrogens is 3. The number of imide groups is 1. The van der Waals surface area contributed by atoms with Crippen molar-refractivity contribution in [2.24, 2.45) is 0 Å². The SMILES string of the molecule is Cc1ccc2c(-c3cccc4c3C(Nc3ccc5c(n3)CCCCN5C)N(C(=O)OC(C)(C)C)C4=O)cnn2c1. The van der Waals surface area contributed by atoms with E-state index in [1.807, 2.05) is 48.0 Å². The van der Waals surface area contributed by atoms with Crippen molar-refractivity contribution < 1.29 is 14.3 Å². The van der Waals surface area contributed by atoms with Crippen LogP contribution >= 0.6 is 0 Å². The molecule has 1 N–H and O–H groups in total. The van der Waals surface area contributed by atoms with Crippen LogP contribution in [0, 0.1) is 6.92 Å².